The summed E-state index contributed by atoms with van der Waals surface area (Å²) in [5.74, 6) is 0.754. The molecule has 2 bridgehead atoms. The maximum absolute atomic E-state index is 11.1. The van der Waals surface area contributed by atoms with Gasteiger partial charge in [-0.2, -0.15) is 0 Å². The normalized spacial score (nSPS) is 30.4. The Balaban J connectivity index is 0.00000256. The molecule has 2 aromatic rings. The van der Waals surface area contributed by atoms with E-state index in [-0.39, 0.29) is 18.4 Å². The number of ether oxygens (including phenoxy) is 1. The van der Waals surface area contributed by atoms with E-state index in [9.17, 15) is 10.2 Å². The van der Waals surface area contributed by atoms with E-state index < -0.39 is 17.6 Å². The minimum Gasteiger partial charge on any atom is -0.489 e. The summed E-state index contributed by atoms with van der Waals surface area (Å²) in [7, 11) is 0. The van der Waals surface area contributed by atoms with Crippen molar-refractivity contribution in [3.8, 4) is 5.75 Å². The van der Waals surface area contributed by atoms with Gasteiger partial charge in [0.1, 0.15) is 12.4 Å². The number of benzene rings is 2. The number of fused-ring (bicyclic) bond motifs is 2. The van der Waals surface area contributed by atoms with Crippen LogP contribution in [0.25, 0.3) is 0 Å². The zero-order valence-electron chi connectivity index (χ0n) is 17.3. The number of rotatable bonds is 6. The van der Waals surface area contributed by atoms with Crippen molar-refractivity contribution in [1.29, 1.82) is 0 Å². The Morgan fingerprint density at radius 3 is 2.27 bits per heavy atom. The summed E-state index contributed by atoms with van der Waals surface area (Å²) in [6.45, 7) is 4.38. The minimum absolute atomic E-state index is 0. The highest BCUT2D eigenvalue weighted by molar-refractivity contribution is 6.31. The molecule has 2 fully saturated rings. The fourth-order valence-electron chi connectivity index (χ4n) is 5.33. The van der Waals surface area contributed by atoms with Crippen LogP contribution in [-0.4, -0.2) is 46.5 Å². The van der Waals surface area contributed by atoms with Crippen LogP contribution in [0, 0.1) is 0 Å². The van der Waals surface area contributed by atoms with Crippen molar-refractivity contribution in [1.82, 2.24) is 4.90 Å². The molecule has 164 valence electrons. The summed E-state index contributed by atoms with van der Waals surface area (Å²) in [6, 6.07) is 15.7. The predicted molar refractivity (Wildman–Crippen MR) is 123 cm³/mol. The van der Waals surface area contributed by atoms with E-state index in [1.54, 1.807) is 0 Å². The lowest BCUT2D eigenvalue weighted by molar-refractivity contribution is -0.134. The highest BCUT2D eigenvalue weighted by atomic mass is 35.5. The van der Waals surface area contributed by atoms with Crippen LogP contribution in [0.2, 0.25) is 5.02 Å². The summed E-state index contributed by atoms with van der Waals surface area (Å²) in [6.07, 6.45) is 2.31. The maximum atomic E-state index is 11.1. The molecular formula is C24H31Cl2NO3. The van der Waals surface area contributed by atoms with Gasteiger partial charge in [-0.15, -0.1) is 12.4 Å². The molecule has 2 aliphatic rings. The summed E-state index contributed by atoms with van der Waals surface area (Å²) >= 11 is 6.21. The Hall–Kier alpha value is -1.30. The Kier molecular flexibility index (Phi) is 7.70. The van der Waals surface area contributed by atoms with Gasteiger partial charge in [-0.3, -0.25) is 4.90 Å². The molecule has 0 aromatic heterocycles. The number of aliphatic hydroxyl groups is 2. The molecule has 0 saturated carbocycles. The molecule has 2 aromatic carbocycles. The molecule has 0 spiro atoms. The first kappa shape index (κ1) is 23.4. The average molecular weight is 452 g/mol. The summed E-state index contributed by atoms with van der Waals surface area (Å²) in [4.78, 5) is 2.46. The van der Waals surface area contributed by atoms with E-state index in [2.05, 4.69) is 11.8 Å². The zero-order chi connectivity index (χ0) is 20.4. The average Bonchev–Trinajstić information content (AvgIpc) is 2.73. The first-order valence-electron chi connectivity index (χ1n) is 10.6. The lowest BCUT2D eigenvalue weighted by Gasteiger charge is -2.59. The van der Waals surface area contributed by atoms with E-state index in [0.717, 1.165) is 42.8 Å². The SMILES string of the molecule is CCCC1N2CCC(O)C1(c1ccc(OCc3ccccc3Cl)cc1)C(O)CC2.Cl. The van der Waals surface area contributed by atoms with Crippen LogP contribution in [-0.2, 0) is 12.0 Å². The van der Waals surface area contributed by atoms with Crippen molar-refractivity contribution in [2.45, 2.75) is 62.9 Å². The largest absolute Gasteiger partial charge is 0.489 e. The topological polar surface area (TPSA) is 52.9 Å². The number of piperidine rings is 2. The van der Waals surface area contributed by atoms with Gasteiger partial charge in [0, 0.05) is 29.7 Å². The molecule has 0 aliphatic carbocycles. The molecule has 30 heavy (non-hydrogen) atoms. The zero-order valence-corrected chi connectivity index (χ0v) is 18.9. The molecule has 6 heteroatoms. The van der Waals surface area contributed by atoms with Crippen LogP contribution in [0.5, 0.6) is 5.75 Å². The molecular weight excluding hydrogens is 421 g/mol. The van der Waals surface area contributed by atoms with Gasteiger partial charge in [0.15, 0.2) is 0 Å². The van der Waals surface area contributed by atoms with Crippen molar-refractivity contribution in [3.63, 3.8) is 0 Å². The Labute approximate surface area is 190 Å². The molecule has 0 radical (unpaired) electrons. The van der Waals surface area contributed by atoms with Gasteiger partial charge in [-0.25, -0.2) is 0 Å². The fourth-order valence-corrected chi connectivity index (χ4v) is 5.52. The number of aliphatic hydroxyl groups excluding tert-OH is 2. The minimum atomic E-state index is -0.631. The molecule has 3 atom stereocenters. The molecule has 3 unspecified atom stereocenters. The summed E-state index contributed by atoms with van der Waals surface area (Å²) < 4.78 is 5.93. The highest BCUT2D eigenvalue weighted by Gasteiger charge is 2.57. The first-order valence-corrected chi connectivity index (χ1v) is 11.0. The Morgan fingerprint density at radius 2 is 1.67 bits per heavy atom. The van der Waals surface area contributed by atoms with Gasteiger partial charge in [0.2, 0.25) is 0 Å². The van der Waals surface area contributed by atoms with Gasteiger partial charge in [0.25, 0.3) is 0 Å². The third-order valence-corrected chi connectivity index (χ3v) is 7.11. The Bertz CT molecular complexity index is 815. The van der Waals surface area contributed by atoms with Crippen LogP contribution >= 0.6 is 24.0 Å². The van der Waals surface area contributed by atoms with Crippen molar-refractivity contribution in [3.05, 3.63) is 64.7 Å². The second kappa shape index (κ2) is 9.88. The van der Waals surface area contributed by atoms with E-state index in [1.807, 2.05) is 48.5 Å². The van der Waals surface area contributed by atoms with E-state index in [0.29, 0.717) is 24.5 Å². The van der Waals surface area contributed by atoms with Crippen molar-refractivity contribution in [2.24, 2.45) is 0 Å². The molecule has 2 aliphatic heterocycles. The highest BCUT2D eigenvalue weighted by Crippen LogP contribution is 2.48. The monoisotopic (exact) mass is 451 g/mol. The number of hydrogen-bond donors (Lipinski definition) is 2. The molecule has 2 saturated heterocycles. The quantitative estimate of drug-likeness (QED) is 0.674. The Morgan fingerprint density at radius 1 is 1.03 bits per heavy atom. The first-order chi connectivity index (χ1) is 14.1. The van der Waals surface area contributed by atoms with E-state index in [4.69, 9.17) is 16.3 Å². The second-order valence-electron chi connectivity index (χ2n) is 8.29. The summed E-state index contributed by atoms with van der Waals surface area (Å²) in [5, 5.41) is 22.9. The lowest BCUT2D eigenvalue weighted by atomic mass is 9.59. The second-order valence-corrected chi connectivity index (χ2v) is 8.69. The van der Waals surface area contributed by atoms with Crippen molar-refractivity contribution >= 4 is 24.0 Å². The van der Waals surface area contributed by atoms with Gasteiger partial charge >= 0.3 is 0 Å². The molecule has 2 N–H and O–H groups in total. The molecule has 0 amide bonds. The van der Waals surface area contributed by atoms with Crippen LogP contribution in [0.4, 0.5) is 0 Å². The van der Waals surface area contributed by atoms with Crippen LogP contribution in [0.15, 0.2) is 48.5 Å². The molecule has 2 heterocycles. The van der Waals surface area contributed by atoms with Gasteiger partial charge in [-0.05, 0) is 43.0 Å². The number of halogens is 2. The van der Waals surface area contributed by atoms with Crippen LogP contribution < -0.4 is 4.74 Å². The smallest absolute Gasteiger partial charge is 0.119 e. The van der Waals surface area contributed by atoms with Crippen LogP contribution in [0.1, 0.15) is 43.7 Å². The van der Waals surface area contributed by atoms with Crippen molar-refractivity contribution < 1.29 is 14.9 Å². The predicted octanol–water partition coefficient (Wildman–Crippen LogP) is 4.58. The van der Waals surface area contributed by atoms with E-state index >= 15 is 0 Å². The molecule has 4 nitrogen and oxygen atoms in total. The molecule has 4 rings (SSSR count). The lowest BCUT2D eigenvalue weighted by Crippen LogP contribution is -2.70. The van der Waals surface area contributed by atoms with Gasteiger partial charge < -0.3 is 14.9 Å². The van der Waals surface area contributed by atoms with Gasteiger partial charge in [0.05, 0.1) is 17.6 Å². The maximum Gasteiger partial charge on any atom is 0.119 e. The standard InChI is InChI=1S/C24H30ClNO3.ClH/c1-2-5-21-24(22(27)12-14-26(21)15-13-23(24)28)18-8-10-19(11-9-18)29-16-17-6-3-4-7-20(17)25;/h3-4,6-11,21-23,27-28H,2,5,12-16H2,1H3;1H. The van der Waals surface area contributed by atoms with Crippen molar-refractivity contribution in [2.75, 3.05) is 13.1 Å². The number of hydrogen-bond acceptors (Lipinski definition) is 4. The van der Waals surface area contributed by atoms with Gasteiger partial charge in [-0.1, -0.05) is 55.3 Å². The third kappa shape index (κ3) is 4.09. The van der Waals surface area contributed by atoms with E-state index in [1.165, 1.54) is 0 Å². The third-order valence-electron chi connectivity index (χ3n) is 6.74. The number of nitrogens with zero attached hydrogens (tertiary/aromatic N) is 1. The fraction of sp³-hybridized carbons (Fsp3) is 0.500. The summed E-state index contributed by atoms with van der Waals surface area (Å²) in [5.41, 5.74) is 1.32. The van der Waals surface area contributed by atoms with Crippen LogP contribution in [0.3, 0.4) is 0 Å².